The van der Waals surface area contributed by atoms with Crippen LogP contribution < -0.4 is 29.2 Å². The monoisotopic (exact) mass is 462 g/mol. The van der Waals surface area contributed by atoms with Crippen molar-refractivity contribution in [2.75, 3.05) is 37.1 Å². The number of benzene rings is 3. The van der Waals surface area contributed by atoms with E-state index < -0.39 is 6.10 Å². The van der Waals surface area contributed by atoms with E-state index >= 15 is 0 Å². The highest BCUT2D eigenvalue weighted by molar-refractivity contribution is 6.00. The van der Waals surface area contributed by atoms with Crippen LogP contribution >= 0.6 is 0 Å². The summed E-state index contributed by atoms with van der Waals surface area (Å²) >= 11 is 0. The maximum atomic E-state index is 12.7. The number of nitrogens with one attached hydrogen (secondary N) is 1. The summed E-state index contributed by atoms with van der Waals surface area (Å²) in [6.45, 7) is 2.21. The topological polar surface area (TPSA) is 86.3 Å². The predicted molar refractivity (Wildman–Crippen MR) is 128 cm³/mol. The standard InChI is InChI=1S/C26H26N2O6/c1-18-26(30)28(14-15-32-20-8-4-3-5-9-20)21-13-12-19(16-24(21)34-18)27-25(29)17-33-23-11-7-6-10-22(23)31-2/h3-13,16,18H,14-15,17H2,1-2H3,(H,27,29). The first-order valence-corrected chi connectivity index (χ1v) is 10.9. The van der Waals surface area contributed by atoms with Crippen molar-refractivity contribution in [2.45, 2.75) is 13.0 Å². The molecule has 4 rings (SSSR count). The first-order chi connectivity index (χ1) is 16.5. The predicted octanol–water partition coefficient (Wildman–Crippen LogP) is 3.91. The second kappa shape index (κ2) is 10.6. The summed E-state index contributed by atoms with van der Waals surface area (Å²) < 4.78 is 22.3. The molecule has 1 unspecified atom stereocenters. The molecule has 0 radical (unpaired) electrons. The summed E-state index contributed by atoms with van der Waals surface area (Å²) in [5.74, 6) is 1.80. The summed E-state index contributed by atoms with van der Waals surface area (Å²) in [5.41, 5.74) is 1.16. The second-order valence-electron chi connectivity index (χ2n) is 7.58. The largest absolute Gasteiger partial charge is 0.493 e. The van der Waals surface area contributed by atoms with Gasteiger partial charge in [-0.25, -0.2) is 0 Å². The van der Waals surface area contributed by atoms with Crippen molar-refractivity contribution >= 4 is 23.2 Å². The Labute approximate surface area is 198 Å². The Kier molecular flexibility index (Phi) is 7.17. The number of carbonyl (C=O) groups excluding carboxylic acids is 2. The number of fused-ring (bicyclic) bond motifs is 1. The van der Waals surface area contributed by atoms with Crippen LogP contribution in [0, 0.1) is 0 Å². The molecule has 0 fully saturated rings. The van der Waals surface area contributed by atoms with Crippen LogP contribution in [0.25, 0.3) is 0 Å². The van der Waals surface area contributed by atoms with Crippen LogP contribution in [-0.2, 0) is 9.59 Å². The fraction of sp³-hybridized carbons (Fsp3) is 0.231. The summed E-state index contributed by atoms with van der Waals surface area (Å²) in [5, 5.41) is 2.79. The SMILES string of the molecule is COc1ccccc1OCC(=O)Nc1ccc2c(c1)OC(C)C(=O)N2CCOc1ccccc1. The van der Waals surface area contributed by atoms with Gasteiger partial charge < -0.3 is 29.2 Å². The lowest BCUT2D eigenvalue weighted by molar-refractivity contribution is -0.125. The van der Waals surface area contributed by atoms with Crippen molar-refractivity contribution in [1.82, 2.24) is 0 Å². The van der Waals surface area contributed by atoms with E-state index in [-0.39, 0.29) is 18.4 Å². The van der Waals surface area contributed by atoms with Gasteiger partial charge in [0.05, 0.1) is 19.3 Å². The molecule has 1 atom stereocenters. The molecule has 0 saturated carbocycles. The van der Waals surface area contributed by atoms with Gasteiger partial charge in [0.25, 0.3) is 11.8 Å². The molecule has 0 aliphatic carbocycles. The number of ether oxygens (including phenoxy) is 4. The molecule has 0 bridgehead atoms. The minimum Gasteiger partial charge on any atom is -0.493 e. The number of amides is 2. The molecule has 1 aliphatic rings. The van der Waals surface area contributed by atoms with Gasteiger partial charge in [0.15, 0.2) is 24.2 Å². The van der Waals surface area contributed by atoms with Crippen LogP contribution in [0.15, 0.2) is 72.8 Å². The third-order valence-electron chi connectivity index (χ3n) is 5.21. The first-order valence-electron chi connectivity index (χ1n) is 10.9. The fourth-order valence-corrected chi connectivity index (χ4v) is 3.57. The molecule has 3 aromatic rings. The molecule has 34 heavy (non-hydrogen) atoms. The first kappa shape index (κ1) is 23.0. The number of nitrogens with zero attached hydrogens (tertiary/aromatic N) is 1. The molecule has 8 heteroatoms. The second-order valence-corrected chi connectivity index (χ2v) is 7.58. The summed E-state index contributed by atoms with van der Waals surface area (Å²) in [4.78, 5) is 26.8. The smallest absolute Gasteiger partial charge is 0.267 e. The minimum atomic E-state index is -0.649. The van der Waals surface area contributed by atoms with Crippen LogP contribution in [0.1, 0.15) is 6.92 Å². The lowest BCUT2D eigenvalue weighted by atomic mass is 10.1. The number of rotatable bonds is 9. The molecule has 2 amide bonds. The Morgan fingerprint density at radius 2 is 1.74 bits per heavy atom. The highest BCUT2D eigenvalue weighted by Gasteiger charge is 2.31. The molecule has 3 aromatic carbocycles. The maximum Gasteiger partial charge on any atom is 0.267 e. The summed E-state index contributed by atoms with van der Waals surface area (Å²) in [7, 11) is 1.54. The Morgan fingerprint density at radius 1 is 1.00 bits per heavy atom. The Bertz CT molecular complexity index is 1150. The summed E-state index contributed by atoms with van der Waals surface area (Å²) in [6, 6.07) is 21.7. The number of carbonyl (C=O) groups is 2. The highest BCUT2D eigenvalue weighted by Crippen LogP contribution is 2.36. The lowest BCUT2D eigenvalue weighted by Gasteiger charge is -2.33. The van der Waals surface area contributed by atoms with Gasteiger partial charge in [-0.2, -0.15) is 0 Å². The maximum absolute atomic E-state index is 12.7. The van der Waals surface area contributed by atoms with Gasteiger partial charge in [0, 0.05) is 11.8 Å². The number of para-hydroxylation sites is 3. The van der Waals surface area contributed by atoms with Gasteiger partial charge in [-0.1, -0.05) is 30.3 Å². The zero-order valence-electron chi connectivity index (χ0n) is 19.0. The normalized spacial score (nSPS) is 14.6. The highest BCUT2D eigenvalue weighted by atomic mass is 16.5. The van der Waals surface area contributed by atoms with Crippen LogP contribution in [0.2, 0.25) is 0 Å². The molecular formula is C26H26N2O6. The van der Waals surface area contributed by atoms with E-state index in [1.165, 1.54) is 7.11 Å². The van der Waals surface area contributed by atoms with Gasteiger partial charge in [0.2, 0.25) is 0 Å². The van der Waals surface area contributed by atoms with E-state index in [1.807, 2.05) is 36.4 Å². The minimum absolute atomic E-state index is 0.147. The molecule has 0 saturated heterocycles. The van der Waals surface area contributed by atoms with E-state index in [0.29, 0.717) is 41.8 Å². The Balaban J connectivity index is 1.39. The van der Waals surface area contributed by atoms with E-state index in [4.69, 9.17) is 18.9 Å². The molecule has 0 spiro atoms. The van der Waals surface area contributed by atoms with E-state index in [9.17, 15) is 9.59 Å². The molecule has 1 aliphatic heterocycles. The molecule has 8 nitrogen and oxygen atoms in total. The van der Waals surface area contributed by atoms with Gasteiger partial charge in [-0.15, -0.1) is 0 Å². The van der Waals surface area contributed by atoms with Gasteiger partial charge in [0.1, 0.15) is 18.1 Å². The van der Waals surface area contributed by atoms with Crippen LogP contribution in [0.5, 0.6) is 23.0 Å². The van der Waals surface area contributed by atoms with E-state index in [0.717, 1.165) is 5.75 Å². The van der Waals surface area contributed by atoms with Crippen LogP contribution in [0.3, 0.4) is 0 Å². The Hall–Kier alpha value is -4.20. The van der Waals surface area contributed by atoms with Gasteiger partial charge in [-0.05, 0) is 43.3 Å². The van der Waals surface area contributed by atoms with Gasteiger partial charge in [-0.3, -0.25) is 9.59 Å². The lowest BCUT2D eigenvalue weighted by Crippen LogP contribution is -2.46. The average Bonchev–Trinajstić information content (AvgIpc) is 2.86. The quantitative estimate of drug-likeness (QED) is 0.519. The van der Waals surface area contributed by atoms with Crippen LogP contribution in [0.4, 0.5) is 11.4 Å². The molecule has 1 heterocycles. The third-order valence-corrected chi connectivity index (χ3v) is 5.21. The zero-order chi connectivity index (χ0) is 23.9. The zero-order valence-corrected chi connectivity index (χ0v) is 19.0. The fourth-order valence-electron chi connectivity index (χ4n) is 3.57. The van der Waals surface area contributed by atoms with Crippen molar-refractivity contribution in [3.05, 3.63) is 72.8 Å². The van der Waals surface area contributed by atoms with E-state index in [1.54, 1.807) is 48.2 Å². The molecular weight excluding hydrogens is 436 g/mol. The molecule has 1 N–H and O–H groups in total. The molecule has 176 valence electrons. The third kappa shape index (κ3) is 5.40. The number of anilines is 2. The van der Waals surface area contributed by atoms with Crippen LogP contribution in [-0.4, -0.2) is 44.8 Å². The number of methoxy groups -OCH3 is 1. The molecule has 0 aromatic heterocycles. The Morgan fingerprint density at radius 3 is 2.50 bits per heavy atom. The van der Waals surface area contributed by atoms with Crippen molar-refractivity contribution in [3.8, 4) is 23.0 Å². The number of hydrogen-bond donors (Lipinski definition) is 1. The van der Waals surface area contributed by atoms with Crippen molar-refractivity contribution in [2.24, 2.45) is 0 Å². The van der Waals surface area contributed by atoms with Crippen molar-refractivity contribution in [3.63, 3.8) is 0 Å². The summed E-state index contributed by atoms with van der Waals surface area (Å²) in [6.07, 6.45) is -0.649. The van der Waals surface area contributed by atoms with E-state index in [2.05, 4.69) is 5.32 Å². The van der Waals surface area contributed by atoms with Gasteiger partial charge >= 0.3 is 0 Å². The van der Waals surface area contributed by atoms with Crippen molar-refractivity contribution in [1.29, 1.82) is 0 Å². The average molecular weight is 463 g/mol. The number of hydrogen-bond acceptors (Lipinski definition) is 6. The van der Waals surface area contributed by atoms with Crippen molar-refractivity contribution < 1.29 is 28.5 Å².